The van der Waals surface area contributed by atoms with E-state index in [1.807, 2.05) is 6.07 Å². The summed E-state index contributed by atoms with van der Waals surface area (Å²) in [6, 6.07) is 12.9. The van der Waals surface area contributed by atoms with Crippen molar-refractivity contribution < 1.29 is 14.3 Å². The Labute approximate surface area is 176 Å². The van der Waals surface area contributed by atoms with Crippen LogP contribution in [0.2, 0.25) is 10.0 Å². The normalized spacial score (nSPS) is 16.7. The number of hydrogen-bond donors (Lipinski definition) is 0. The van der Waals surface area contributed by atoms with Gasteiger partial charge in [-0.2, -0.15) is 0 Å². The molecule has 1 aliphatic rings. The van der Waals surface area contributed by atoms with Crippen LogP contribution in [0.4, 0.5) is 0 Å². The van der Waals surface area contributed by atoms with Crippen molar-refractivity contribution in [1.82, 2.24) is 4.90 Å². The molecule has 1 aliphatic heterocycles. The van der Waals surface area contributed by atoms with Crippen LogP contribution in [0, 0.1) is 0 Å². The minimum Gasteiger partial charge on any atom is -0.467 e. The molecule has 0 saturated carbocycles. The smallest absolute Gasteiger partial charge is 0.333 e. The number of esters is 1. The van der Waals surface area contributed by atoms with Crippen molar-refractivity contribution in [3.05, 3.63) is 74.6 Å². The second-order valence-corrected chi connectivity index (χ2v) is 8.07. The summed E-state index contributed by atoms with van der Waals surface area (Å²) in [5.41, 5.74) is 1.25. The number of carbonyl (C=O) groups is 2. The summed E-state index contributed by atoms with van der Waals surface area (Å²) in [5.74, 6) is -0.946. The highest BCUT2D eigenvalue weighted by atomic mass is 35.5. The van der Waals surface area contributed by atoms with Crippen LogP contribution in [0.1, 0.15) is 17.2 Å². The number of rotatable bonds is 4. The van der Waals surface area contributed by atoms with E-state index in [-0.39, 0.29) is 10.2 Å². The van der Waals surface area contributed by atoms with Gasteiger partial charge in [0.1, 0.15) is 4.32 Å². The zero-order chi connectivity index (χ0) is 19.6. The van der Waals surface area contributed by atoms with E-state index < -0.39 is 12.0 Å². The van der Waals surface area contributed by atoms with Crippen LogP contribution in [0.5, 0.6) is 0 Å². The molecule has 8 heteroatoms. The van der Waals surface area contributed by atoms with E-state index in [1.165, 1.54) is 12.0 Å². The van der Waals surface area contributed by atoms with Crippen molar-refractivity contribution in [2.45, 2.75) is 6.04 Å². The van der Waals surface area contributed by atoms with Gasteiger partial charge in [0.25, 0.3) is 5.91 Å². The largest absolute Gasteiger partial charge is 0.467 e. The van der Waals surface area contributed by atoms with Crippen LogP contribution >= 0.6 is 47.2 Å². The van der Waals surface area contributed by atoms with Crippen LogP contribution < -0.4 is 0 Å². The average molecular weight is 438 g/mol. The first-order chi connectivity index (χ1) is 12.9. The Hall–Kier alpha value is -1.86. The molecule has 0 N–H and O–H groups in total. The Balaban J connectivity index is 1.99. The van der Waals surface area contributed by atoms with Crippen molar-refractivity contribution in [3.8, 4) is 0 Å². The molecular weight excluding hydrogens is 425 g/mol. The minimum absolute atomic E-state index is 0.274. The molecule has 1 amide bonds. The lowest BCUT2D eigenvalue weighted by atomic mass is 10.1. The summed E-state index contributed by atoms with van der Waals surface area (Å²) < 4.78 is 5.18. The lowest BCUT2D eigenvalue weighted by molar-refractivity contribution is -0.148. The molecule has 1 unspecified atom stereocenters. The lowest BCUT2D eigenvalue weighted by Crippen LogP contribution is -2.37. The molecule has 138 valence electrons. The molecule has 0 spiro atoms. The minimum atomic E-state index is -0.949. The van der Waals surface area contributed by atoms with Gasteiger partial charge < -0.3 is 4.74 Å². The Morgan fingerprint density at radius 2 is 1.93 bits per heavy atom. The van der Waals surface area contributed by atoms with Gasteiger partial charge in [-0.05, 0) is 29.3 Å². The quantitative estimate of drug-likeness (QED) is 0.377. The van der Waals surface area contributed by atoms with Crippen LogP contribution in [0.15, 0.2) is 53.4 Å². The summed E-state index contributed by atoms with van der Waals surface area (Å²) in [6.07, 6.45) is 1.64. The SMILES string of the molecule is COC(=O)C(c1ccccc1)N1C(=O)/C(=C/c2ccc(Cl)cc2Cl)SC1=S. The maximum Gasteiger partial charge on any atom is 0.333 e. The van der Waals surface area contributed by atoms with Gasteiger partial charge >= 0.3 is 5.97 Å². The molecule has 4 nitrogen and oxygen atoms in total. The fourth-order valence-electron chi connectivity index (χ4n) is 2.60. The fraction of sp³-hybridized carbons (Fsp3) is 0.105. The number of methoxy groups -OCH3 is 1. The third-order valence-corrected chi connectivity index (χ3v) is 5.76. The molecule has 1 heterocycles. The number of amides is 1. The van der Waals surface area contributed by atoms with Crippen LogP contribution in [-0.2, 0) is 14.3 Å². The summed E-state index contributed by atoms with van der Waals surface area (Å²) in [5, 5.41) is 0.917. The van der Waals surface area contributed by atoms with Crippen molar-refractivity contribution in [2.24, 2.45) is 0 Å². The van der Waals surface area contributed by atoms with Crippen molar-refractivity contribution in [2.75, 3.05) is 7.11 Å². The number of halogens is 2. The molecule has 0 aliphatic carbocycles. The second kappa shape index (κ2) is 8.44. The number of hydrogen-bond acceptors (Lipinski definition) is 5. The Morgan fingerprint density at radius 1 is 1.22 bits per heavy atom. The second-order valence-electron chi connectivity index (χ2n) is 5.55. The summed E-state index contributed by atoms with van der Waals surface area (Å²) in [7, 11) is 1.28. The standard InChI is InChI=1S/C19H13Cl2NO3S2/c1-25-18(24)16(11-5-3-2-4-6-11)22-17(23)15(27-19(22)26)9-12-7-8-13(20)10-14(12)21/h2-10,16H,1H3/b15-9-. The maximum atomic E-state index is 13.0. The van der Waals surface area contributed by atoms with E-state index in [4.69, 9.17) is 40.2 Å². The molecular formula is C19H13Cl2NO3S2. The summed E-state index contributed by atoms with van der Waals surface area (Å²) in [6.45, 7) is 0. The molecule has 1 fully saturated rings. The fourth-order valence-corrected chi connectivity index (χ4v) is 4.37. The molecule has 1 saturated heterocycles. The number of carbonyl (C=O) groups excluding carboxylic acids is 2. The number of thiocarbonyl (C=S) groups is 1. The number of ether oxygens (including phenoxy) is 1. The van der Waals surface area contributed by atoms with E-state index in [1.54, 1.807) is 48.5 Å². The van der Waals surface area contributed by atoms with Crippen molar-refractivity contribution in [1.29, 1.82) is 0 Å². The third kappa shape index (κ3) is 4.19. The number of benzene rings is 2. The van der Waals surface area contributed by atoms with E-state index in [0.29, 0.717) is 26.1 Å². The maximum absolute atomic E-state index is 13.0. The predicted molar refractivity (Wildman–Crippen MR) is 113 cm³/mol. The Morgan fingerprint density at radius 3 is 2.56 bits per heavy atom. The Bertz CT molecular complexity index is 947. The van der Waals surface area contributed by atoms with E-state index in [2.05, 4.69) is 0 Å². The highest BCUT2D eigenvalue weighted by molar-refractivity contribution is 8.26. The van der Waals surface area contributed by atoms with Gasteiger partial charge in [0, 0.05) is 10.0 Å². The van der Waals surface area contributed by atoms with Gasteiger partial charge in [0.2, 0.25) is 0 Å². The van der Waals surface area contributed by atoms with Gasteiger partial charge in [0.05, 0.1) is 12.0 Å². The lowest BCUT2D eigenvalue weighted by Gasteiger charge is -2.24. The zero-order valence-corrected chi connectivity index (χ0v) is 17.2. The molecule has 0 bridgehead atoms. The van der Waals surface area contributed by atoms with Gasteiger partial charge in [-0.25, -0.2) is 4.79 Å². The van der Waals surface area contributed by atoms with Crippen molar-refractivity contribution >= 4 is 69.5 Å². The topological polar surface area (TPSA) is 46.6 Å². The van der Waals surface area contributed by atoms with Crippen LogP contribution in [0.3, 0.4) is 0 Å². The summed E-state index contributed by atoms with van der Waals surface area (Å²) >= 11 is 18.6. The van der Waals surface area contributed by atoms with E-state index in [9.17, 15) is 9.59 Å². The summed E-state index contributed by atoms with van der Waals surface area (Å²) in [4.78, 5) is 27.1. The van der Waals surface area contributed by atoms with E-state index >= 15 is 0 Å². The first-order valence-electron chi connectivity index (χ1n) is 7.77. The Kier molecular flexibility index (Phi) is 6.22. The molecule has 2 aromatic carbocycles. The average Bonchev–Trinajstić information content (AvgIpc) is 2.93. The monoisotopic (exact) mass is 437 g/mol. The molecule has 1 atom stereocenters. The number of thioether (sulfide) groups is 1. The van der Waals surface area contributed by atoms with Crippen LogP contribution in [-0.4, -0.2) is 28.2 Å². The van der Waals surface area contributed by atoms with Gasteiger partial charge in [0.15, 0.2) is 6.04 Å². The highest BCUT2D eigenvalue weighted by Gasteiger charge is 2.41. The van der Waals surface area contributed by atoms with Crippen molar-refractivity contribution in [3.63, 3.8) is 0 Å². The molecule has 3 rings (SSSR count). The van der Waals surface area contributed by atoms with E-state index in [0.717, 1.165) is 11.8 Å². The number of nitrogens with zero attached hydrogens (tertiary/aromatic N) is 1. The molecule has 27 heavy (non-hydrogen) atoms. The molecule has 0 aromatic heterocycles. The third-order valence-electron chi connectivity index (χ3n) is 3.87. The highest BCUT2D eigenvalue weighted by Crippen LogP contribution is 2.39. The molecule has 0 radical (unpaired) electrons. The first kappa shape index (κ1) is 19.9. The zero-order valence-electron chi connectivity index (χ0n) is 14.0. The molecule has 2 aromatic rings. The predicted octanol–water partition coefficient (Wildman–Crippen LogP) is 5.11. The first-order valence-corrected chi connectivity index (χ1v) is 9.75. The van der Waals surface area contributed by atoms with Gasteiger partial charge in [-0.1, -0.05) is 83.6 Å². The van der Waals surface area contributed by atoms with Crippen LogP contribution in [0.25, 0.3) is 6.08 Å². The van der Waals surface area contributed by atoms with Gasteiger partial charge in [-0.3, -0.25) is 9.69 Å². The van der Waals surface area contributed by atoms with Gasteiger partial charge in [-0.15, -0.1) is 0 Å².